The lowest BCUT2D eigenvalue weighted by molar-refractivity contribution is 0.795. The molecule has 0 bridgehead atoms. The number of rotatable bonds is 3. The highest BCUT2D eigenvalue weighted by Crippen LogP contribution is 2.65. The molecule has 0 saturated carbocycles. The topological polar surface area (TPSA) is 3.24 Å². The van der Waals surface area contributed by atoms with Crippen LogP contribution in [0.25, 0.3) is 43.8 Å². The van der Waals surface area contributed by atoms with Gasteiger partial charge in [-0.25, -0.2) is 0 Å². The van der Waals surface area contributed by atoms with E-state index in [1.807, 2.05) is 0 Å². The third-order valence-corrected chi connectivity index (χ3v) is 10.5. The monoisotopic (exact) mass is 617 g/mol. The molecule has 220 valence electrons. The van der Waals surface area contributed by atoms with Gasteiger partial charge in [0.2, 0.25) is 0 Å². The second-order valence-corrected chi connectivity index (χ2v) is 13.0. The first-order valence-electron chi connectivity index (χ1n) is 16.1. The van der Waals surface area contributed by atoms with Crippen molar-refractivity contribution < 1.29 is 0 Å². The van der Waals surface area contributed by atoms with E-state index in [-0.39, 0.29) is 0 Å². The predicted molar refractivity (Wildman–Crippen MR) is 197 cm³/mol. The van der Waals surface area contributed by atoms with Crippen LogP contribution in [0.5, 0.6) is 0 Å². The lowest BCUT2D eigenvalue weighted by atomic mass is 9.70. The highest BCUT2D eigenvalue weighted by Gasteiger charge is 2.52. The minimum atomic E-state index is -0.511. The van der Waals surface area contributed by atoms with Crippen molar-refractivity contribution in [2.24, 2.45) is 0 Å². The van der Waals surface area contributed by atoms with E-state index in [0.29, 0.717) is 0 Å². The van der Waals surface area contributed by atoms with Gasteiger partial charge in [0, 0.05) is 21.7 Å². The molecule has 0 saturated heterocycles. The van der Waals surface area contributed by atoms with E-state index in [4.69, 9.17) is 11.6 Å². The molecule has 0 heterocycles. The zero-order valence-electron chi connectivity index (χ0n) is 25.5. The molecule has 0 N–H and O–H groups in total. The average Bonchev–Trinajstić information content (AvgIpc) is 3.58. The van der Waals surface area contributed by atoms with Crippen molar-refractivity contribution in [3.63, 3.8) is 0 Å². The first kappa shape index (κ1) is 26.6. The van der Waals surface area contributed by atoms with Crippen LogP contribution in [0, 0.1) is 0 Å². The van der Waals surface area contributed by atoms with Crippen molar-refractivity contribution in [2.45, 2.75) is 5.41 Å². The van der Waals surface area contributed by atoms with E-state index >= 15 is 0 Å². The van der Waals surface area contributed by atoms with E-state index in [9.17, 15) is 0 Å². The van der Waals surface area contributed by atoms with Gasteiger partial charge in [0.25, 0.3) is 0 Å². The molecule has 0 radical (unpaired) electrons. The Bertz CT molecular complexity index is 2500. The molecule has 8 aromatic carbocycles. The number of benzene rings is 8. The molecule has 0 aliphatic heterocycles. The summed E-state index contributed by atoms with van der Waals surface area (Å²) in [5.41, 5.74) is 12.9. The van der Waals surface area contributed by atoms with Gasteiger partial charge in [-0.05, 0) is 97.6 Å². The van der Waals surface area contributed by atoms with Gasteiger partial charge in [-0.3, -0.25) is 0 Å². The van der Waals surface area contributed by atoms with E-state index in [1.54, 1.807) is 0 Å². The Kier molecular flexibility index (Phi) is 5.62. The smallest absolute Gasteiger partial charge is 0.0727 e. The summed E-state index contributed by atoms with van der Waals surface area (Å²) in [6, 6.07) is 61.8. The summed E-state index contributed by atoms with van der Waals surface area (Å²) in [4.78, 5) is 2.41. The summed E-state index contributed by atoms with van der Waals surface area (Å²) in [6.45, 7) is 0. The molecule has 10 rings (SSSR count). The van der Waals surface area contributed by atoms with Crippen molar-refractivity contribution in [1.82, 2.24) is 0 Å². The van der Waals surface area contributed by atoms with Gasteiger partial charge in [-0.2, -0.15) is 0 Å². The molecule has 2 heteroatoms. The molecule has 2 aliphatic carbocycles. The van der Waals surface area contributed by atoms with Gasteiger partial charge in [-0.15, -0.1) is 0 Å². The summed E-state index contributed by atoms with van der Waals surface area (Å²) >= 11 is 7.30. The zero-order valence-corrected chi connectivity index (χ0v) is 26.2. The summed E-state index contributed by atoms with van der Waals surface area (Å²) in [6.07, 6.45) is 0. The first-order valence-corrected chi connectivity index (χ1v) is 16.5. The number of hydrogen-bond donors (Lipinski definition) is 0. The maximum absolute atomic E-state index is 7.30. The van der Waals surface area contributed by atoms with Gasteiger partial charge in [0.15, 0.2) is 0 Å². The highest BCUT2D eigenvalue weighted by molar-refractivity contribution is 6.31. The number of hydrogen-bond acceptors (Lipinski definition) is 1. The average molecular weight is 618 g/mol. The van der Waals surface area contributed by atoms with Crippen LogP contribution >= 0.6 is 11.6 Å². The Morgan fingerprint density at radius 2 is 1.00 bits per heavy atom. The summed E-state index contributed by atoms with van der Waals surface area (Å²) in [7, 11) is 0. The Labute approximate surface area is 278 Å². The molecule has 0 aromatic heterocycles. The van der Waals surface area contributed by atoms with Crippen LogP contribution in [0.4, 0.5) is 17.1 Å². The lowest BCUT2D eigenvalue weighted by Gasteiger charge is -2.32. The van der Waals surface area contributed by atoms with Crippen LogP contribution in [-0.4, -0.2) is 0 Å². The van der Waals surface area contributed by atoms with Crippen LogP contribution in [-0.2, 0) is 5.41 Å². The predicted octanol–water partition coefficient (Wildman–Crippen LogP) is 12.5. The van der Waals surface area contributed by atoms with E-state index in [0.717, 1.165) is 22.1 Å². The van der Waals surface area contributed by atoms with Gasteiger partial charge < -0.3 is 4.90 Å². The zero-order chi connectivity index (χ0) is 31.1. The molecule has 8 aromatic rings. The van der Waals surface area contributed by atoms with E-state index < -0.39 is 5.41 Å². The van der Waals surface area contributed by atoms with Crippen LogP contribution in [0.2, 0.25) is 5.02 Å². The Hall–Kier alpha value is -5.63. The molecule has 0 amide bonds. The normalized spacial score (nSPS) is 13.4. The quantitative estimate of drug-likeness (QED) is 0.191. The van der Waals surface area contributed by atoms with Crippen LogP contribution < -0.4 is 4.90 Å². The Morgan fingerprint density at radius 1 is 0.404 bits per heavy atom. The third-order valence-electron chi connectivity index (χ3n) is 10.3. The van der Waals surface area contributed by atoms with Crippen molar-refractivity contribution >= 4 is 50.2 Å². The fraction of sp³-hybridized carbons (Fsp3) is 0.0222. The number of halogens is 1. The number of para-hydroxylation sites is 1. The summed E-state index contributed by atoms with van der Waals surface area (Å²) in [5.74, 6) is 0. The molecular weight excluding hydrogens is 590 g/mol. The maximum atomic E-state index is 7.30. The van der Waals surface area contributed by atoms with Gasteiger partial charge in [0.05, 0.1) is 16.8 Å². The summed E-state index contributed by atoms with van der Waals surface area (Å²) < 4.78 is 0. The molecule has 1 nitrogen and oxygen atoms in total. The molecule has 0 atom stereocenters. The van der Waals surface area contributed by atoms with E-state index in [2.05, 4.69) is 175 Å². The maximum Gasteiger partial charge on any atom is 0.0727 e. The second-order valence-electron chi connectivity index (χ2n) is 12.6. The molecular formula is C45H28ClN. The highest BCUT2D eigenvalue weighted by atomic mass is 35.5. The van der Waals surface area contributed by atoms with Crippen molar-refractivity contribution in [3.8, 4) is 22.3 Å². The van der Waals surface area contributed by atoms with Crippen molar-refractivity contribution in [2.75, 3.05) is 4.90 Å². The minimum absolute atomic E-state index is 0.511. The minimum Gasteiger partial charge on any atom is -0.309 e. The van der Waals surface area contributed by atoms with Crippen LogP contribution in [0.3, 0.4) is 0 Å². The number of fused-ring (bicyclic) bond motifs is 12. The second kappa shape index (κ2) is 9.93. The number of anilines is 3. The molecule has 0 fully saturated rings. The summed E-state index contributed by atoms with van der Waals surface area (Å²) in [5, 5.41) is 5.58. The lowest BCUT2D eigenvalue weighted by Crippen LogP contribution is -2.26. The number of nitrogens with zero attached hydrogens (tertiary/aromatic N) is 1. The van der Waals surface area contributed by atoms with Gasteiger partial charge >= 0.3 is 0 Å². The van der Waals surface area contributed by atoms with Crippen LogP contribution in [0.1, 0.15) is 22.3 Å². The SMILES string of the molecule is Clc1cc(N(c2ccccc2)c2cccc3ccccc23)c2c(c1)C1(c3ccccc3-c3ccccc31)c1cc3ccccc3cc1-2. The Morgan fingerprint density at radius 3 is 1.74 bits per heavy atom. The van der Waals surface area contributed by atoms with Crippen molar-refractivity contribution in [3.05, 3.63) is 197 Å². The largest absolute Gasteiger partial charge is 0.309 e. The van der Waals surface area contributed by atoms with Gasteiger partial charge in [0.1, 0.15) is 0 Å². The molecule has 1 spiro atoms. The molecule has 47 heavy (non-hydrogen) atoms. The van der Waals surface area contributed by atoms with Gasteiger partial charge in [-0.1, -0.05) is 139 Å². The fourth-order valence-electron chi connectivity index (χ4n) is 8.45. The standard InChI is InChI=1S/C45H28ClN/c46-32-27-41-44(43(28-32)47(33-17-2-1-3-18-33)42-24-12-16-29-13-6-7-19-34(29)42)37-25-30-14-4-5-15-31(30)26-40(37)45(41)38-22-10-8-20-35(38)36-21-9-11-23-39(36)45/h1-28H. The van der Waals surface area contributed by atoms with E-state index in [1.165, 1.54) is 66.1 Å². The fourth-order valence-corrected chi connectivity index (χ4v) is 8.67. The third kappa shape index (κ3) is 3.61. The molecule has 2 aliphatic rings. The van der Waals surface area contributed by atoms with Crippen molar-refractivity contribution in [1.29, 1.82) is 0 Å². The molecule has 0 unspecified atom stereocenters. The Balaban J connectivity index is 1.39. The first-order chi connectivity index (χ1) is 23.2. The van der Waals surface area contributed by atoms with Crippen LogP contribution in [0.15, 0.2) is 170 Å².